The van der Waals surface area contributed by atoms with Gasteiger partial charge in [0.1, 0.15) is 0 Å². The van der Waals surface area contributed by atoms with E-state index in [1.165, 1.54) is 11.6 Å². The maximum atomic E-state index is 10.8. The predicted octanol–water partition coefficient (Wildman–Crippen LogP) is 3.15. The molecule has 0 heterocycles. The van der Waals surface area contributed by atoms with Crippen LogP contribution in [-0.4, -0.2) is 33.5 Å². The lowest BCUT2D eigenvalue weighted by Crippen LogP contribution is -2.51. The summed E-state index contributed by atoms with van der Waals surface area (Å²) in [5, 5.41) is 29.6. The van der Waals surface area contributed by atoms with Gasteiger partial charge in [0.05, 0.1) is 12.2 Å². The van der Waals surface area contributed by atoms with E-state index in [1.807, 2.05) is 13.0 Å². The molecule has 4 heteroatoms. The van der Waals surface area contributed by atoms with Gasteiger partial charge >= 0.3 is 5.97 Å². The lowest BCUT2D eigenvalue weighted by Gasteiger charge is -2.55. The van der Waals surface area contributed by atoms with Gasteiger partial charge in [0.25, 0.3) is 0 Å². The fourth-order valence-corrected chi connectivity index (χ4v) is 4.72. The molecule has 3 N–H and O–H groups in total. The van der Waals surface area contributed by atoms with Crippen molar-refractivity contribution in [1.29, 1.82) is 0 Å². The van der Waals surface area contributed by atoms with Crippen LogP contribution in [0.25, 0.3) is 0 Å². The first-order chi connectivity index (χ1) is 10.6. The average Bonchev–Trinajstić information content (AvgIpc) is 2.44. The molecule has 0 amide bonds. The number of aliphatic hydroxyl groups excluding tert-OH is 2. The number of fused-ring (bicyclic) bond motifs is 1. The van der Waals surface area contributed by atoms with E-state index in [2.05, 4.69) is 20.8 Å². The normalized spacial score (nSPS) is 41.2. The Kier molecular flexibility index (Phi) is 5.37. The molecule has 130 valence electrons. The van der Waals surface area contributed by atoms with E-state index in [4.69, 9.17) is 5.11 Å². The molecule has 4 nitrogen and oxygen atoms in total. The molecule has 6 unspecified atom stereocenters. The molecule has 0 bridgehead atoms. The van der Waals surface area contributed by atoms with Crippen LogP contribution in [-0.2, 0) is 4.79 Å². The number of allylic oxidation sites excluding steroid dienone is 2. The highest BCUT2D eigenvalue weighted by atomic mass is 16.4. The number of aliphatic hydroxyl groups is 2. The summed E-state index contributed by atoms with van der Waals surface area (Å²) in [6.07, 6.45) is 5.49. The van der Waals surface area contributed by atoms with Crippen molar-refractivity contribution in [2.75, 3.05) is 0 Å². The minimum absolute atomic E-state index is 0.105. The van der Waals surface area contributed by atoms with E-state index in [0.717, 1.165) is 24.8 Å². The molecular formula is C19H30O4. The second kappa shape index (κ2) is 6.78. The zero-order chi connectivity index (χ0) is 17.4. The third-order valence-corrected chi connectivity index (χ3v) is 6.41. The smallest absolute Gasteiger partial charge is 0.328 e. The lowest BCUT2D eigenvalue weighted by atomic mass is 9.51. The van der Waals surface area contributed by atoms with Crippen molar-refractivity contribution in [3.8, 4) is 0 Å². The van der Waals surface area contributed by atoms with Crippen LogP contribution in [0.4, 0.5) is 0 Å². The molecule has 0 aromatic rings. The Balaban J connectivity index is 2.25. The van der Waals surface area contributed by atoms with Gasteiger partial charge in [-0.2, -0.15) is 0 Å². The number of aliphatic carboxylic acids is 1. The summed E-state index contributed by atoms with van der Waals surface area (Å²) in [6.45, 7) is 8.20. The minimum atomic E-state index is -0.908. The highest BCUT2D eigenvalue weighted by Gasteiger charge is 2.51. The molecular weight excluding hydrogens is 292 g/mol. The summed E-state index contributed by atoms with van der Waals surface area (Å²) < 4.78 is 0. The summed E-state index contributed by atoms with van der Waals surface area (Å²) in [7, 11) is 0. The molecule has 23 heavy (non-hydrogen) atoms. The van der Waals surface area contributed by atoms with Crippen molar-refractivity contribution in [3.05, 3.63) is 23.3 Å². The van der Waals surface area contributed by atoms with Crippen molar-refractivity contribution >= 4 is 5.97 Å². The molecule has 6 atom stereocenters. The van der Waals surface area contributed by atoms with E-state index < -0.39 is 12.1 Å². The first kappa shape index (κ1) is 18.2. The summed E-state index contributed by atoms with van der Waals surface area (Å²) in [6, 6.07) is 0. The van der Waals surface area contributed by atoms with Crippen LogP contribution in [0.3, 0.4) is 0 Å². The molecule has 2 aliphatic rings. The first-order valence-corrected chi connectivity index (χ1v) is 8.59. The van der Waals surface area contributed by atoms with Gasteiger partial charge in [-0.1, -0.05) is 31.1 Å². The zero-order valence-corrected chi connectivity index (χ0v) is 14.6. The summed E-state index contributed by atoms with van der Waals surface area (Å²) >= 11 is 0. The number of carbonyl (C=O) groups is 1. The molecule has 1 fully saturated rings. The summed E-state index contributed by atoms with van der Waals surface area (Å²) in [5.74, 6) is -0.120. The van der Waals surface area contributed by atoms with E-state index in [-0.39, 0.29) is 17.4 Å². The molecule has 0 spiro atoms. The minimum Gasteiger partial charge on any atom is -0.478 e. The molecule has 0 aromatic carbocycles. The maximum Gasteiger partial charge on any atom is 0.328 e. The Morgan fingerprint density at radius 3 is 2.65 bits per heavy atom. The Labute approximate surface area is 138 Å². The maximum absolute atomic E-state index is 10.8. The van der Waals surface area contributed by atoms with Crippen molar-refractivity contribution in [3.63, 3.8) is 0 Å². The van der Waals surface area contributed by atoms with Crippen molar-refractivity contribution in [2.24, 2.45) is 23.2 Å². The van der Waals surface area contributed by atoms with Crippen LogP contribution in [0.1, 0.15) is 53.4 Å². The summed E-state index contributed by atoms with van der Waals surface area (Å²) in [5.41, 5.74) is 1.93. The van der Waals surface area contributed by atoms with Crippen LogP contribution in [0.15, 0.2) is 23.3 Å². The third-order valence-electron chi connectivity index (χ3n) is 6.41. The Morgan fingerprint density at radius 1 is 1.39 bits per heavy atom. The largest absolute Gasteiger partial charge is 0.478 e. The second-order valence-electron chi connectivity index (χ2n) is 7.85. The van der Waals surface area contributed by atoms with Gasteiger partial charge in [0, 0.05) is 6.08 Å². The van der Waals surface area contributed by atoms with Gasteiger partial charge in [0.2, 0.25) is 0 Å². The highest BCUT2D eigenvalue weighted by Crippen LogP contribution is 2.56. The van der Waals surface area contributed by atoms with E-state index >= 15 is 0 Å². The third kappa shape index (κ3) is 3.69. The van der Waals surface area contributed by atoms with E-state index in [0.29, 0.717) is 18.3 Å². The molecule has 2 aliphatic carbocycles. The van der Waals surface area contributed by atoms with Gasteiger partial charge in [-0.3, -0.25) is 0 Å². The van der Waals surface area contributed by atoms with Crippen LogP contribution in [0, 0.1) is 23.2 Å². The fraction of sp³-hybridized carbons (Fsp3) is 0.737. The monoisotopic (exact) mass is 322 g/mol. The van der Waals surface area contributed by atoms with Crippen LogP contribution in [0.5, 0.6) is 0 Å². The van der Waals surface area contributed by atoms with Crippen molar-refractivity contribution in [1.82, 2.24) is 0 Å². The van der Waals surface area contributed by atoms with Gasteiger partial charge in [0.15, 0.2) is 0 Å². The second-order valence-corrected chi connectivity index (χ2v) is 7.85. The van der Waals surface area contributed by atoms with Gasteiger partial charge in [-0.15, -0.1) is 0 Å². The van der Waals surface area contributed by atoms with Crippen molar-refractivity contribution in [2.45, 2.75) is 65.6 Å². The molecule has 0 aromatic heterocycles. The molecule has 0 saturated heterocycles. The van der Waals surface area contributed by atoms with Gasteiger partial charge in [-0.25, -0.2) is 4.79 Å². The number of hydrogen-bond donors (Lipinski definition) is 3. The number of rotatable bonds is 4. The number of carboxylic acid groups (broad SMARTS) is 1. The Bertz CT molecular complexity index is 521. The lowest BCUT2D eigenvalue weighted by molar-refractivity contribution is -0.131. The quantitative estimate of drug-likeness (QED) is 0.549. The number of hydrogen-bond acceptors (Lipinski definition) is 3. The van der Waals surface area contributed by atoms with Crippen molar-refractivity contribution < 1.29 is 20.1 Å². The first-order valence-electron chi connectivity index (χ1n) is 8.59. The standard InChI is InChI=1S/C19H30O4/c1-11(7-18(22)23)5-6-19(4)13(3)17(21)10-15-12(2)8-14(20)9-16(15)19/h7-8,13-17,20-21H,5-6,9-10H2,1-4H3,(H,22,23). The fourth-order valence-electron chi connectivity index (χ4n) is 4.72. The zero-order valence-electron chi connectivity index (χ0n) is 14.6. The average molecular weight is 322 g/mol. The predicted molar refractivity (Wildman–Crippen MR) is 89.9 cm³/mol. The van der Waals surface area contributed by atoms with Crippen LogP contribution >= 0.6 is 0 Å². The van der Waals surface area contributed by atoms with Gasteiger partial charge in [-0.05, 0) is 62.7 Å². The van der Waals surface area contributed by atoms with Crippen LogP contribution in [0.2, 0.25) is 0 Å². The van der Waals surface area contributed by atoms with Crippen LogP contribution < -0.4 is 0 Å². The highest BCUT2D eigenvalue weighted by molar-refractivity contribution is 5.80. The molecule has 0 aliphatic heterocycles. The molecule has 2 rings (SSSR count). The SMILES string of the molecule is CC(=CC(=O)O)CCC1(C)C(C)C(O)CC2C(C)=CC(O)CC21. The molecule has 0 radical (unpaired) electrons. The van der Waals surface area contributed by atoms with E-state index in [9.17, 15) is 15.0 Å². The topological polar surface area (TPSA) is 77.8 Å². The number of carboxylic acids is 1. The Morgan fingerprint density at radius 2 is 2.04 bits per heavy atom. The van der Waals surface area contributed by atoms with Gasteiger partial charge < -0.3 is 15.3 Å². The summed E-state index contributed by atoms with van der Waals surface area (Å²) in [4.78, 5) is 10.8. The molecule has 1 saturated carbocycles. The van der Waals surface area contributed by atoms with E-state index in [1.54, 1.807) is 0 Å². The Hall–Kier alpha value is -1.13.